The molecule has 0 amide bonds. The van der Waals surface area contributed by atoms with E-state index in [1.165, 1.54) is 0 Å². The first kappa shape index (κ1) is 13.7. The topological polar surface area (TPSA) is 35.8 Å². The van der Waals surface area contributed by atoms with Crippen LogP contribution in [0.3, 0.4) is 0 Å². The van der Waals surface area contributed by atoms with Crippen LogP contribution in [0.2, 0.25) is 10.0 Å². The molecule has 2 nitrogen and oxygen atoms in total. The average molecular weight is 291 g/mol. The van der Waals surface area contributed by atoms with E-state index in [1.54, 1.807) is 18.2 Å². The van der Waals surface area contributed by atoms with Gasteiger partial charge in [-0.05, 0) is 42.3 Å². The second-order valence-electron chi connectivity index (χ2n) is 4.24. The van der Waals surface area contributed by atoms with Gasteiger partial charge in [0.2, 0.25) is 0 Å². The Balaban J connectivity index is 2.14. The van der Waals surface area contributed by atoms with Crippen LogP contribution in [0.5, 0.6) is 0 Å². The molecule has 0 heterocycles. The Morgan fingerprint density at radius 2 is 1.89 bits per heavy atom. The molecule has 96 valence electrons. The molecule has 0 aliphatic heterocycles. The minimum absolute atomic E-state index is 0.578. The van der Waals surface area contributed by atoms with E-state index >= 15 is 0 Å². The molecule has 0 bridgehead atoms. The van der Waals surface area contributed by atoms with E-state index in [0.29, 0.717) is 17.1 Å². The van der Waals surface area contributed by atoms with Crippen LogP contribution >= 0.6 is 23.2 Å². The molecule has 0 atom stereocenters. The first-order valence-corrected chi connectivity index (χ1v) is 6.54. The Morgan fingerprint density at radius 1 is 1.11 bits per heavy atom. The van der Waals surface area contributed by atoms with Gasteiger partial charge in [-0.25, -0.2) is 0 Å². The van der Waals surface area contributed by atoms with Gasteiger partial charge in [0.15, 0.2) is 0 Å². The van der Waals surface area contributed by atoms with Crippen molar-refractivity contribution in [3.05, 3.63) is 63.1 Å². The van der Waals surface area contributed by atoms with Crippen molar-refractivity contribution in [1.82, 2.24) is 0 Å². The highest BCUT2D eigenvalue weighted by Crippen LogP contribution is 2.24. The van der Waals surface area contributed by atoms with Crippen molar-refractivity contribution in [3.8, 4) is 6.07 Å². The van der Waals surface area contributed by atoms with Crippen molar-refractivity contribution in [3.63, 3.8) is 0 Å². The first-order chi connectivity index (χ1) is 9.10. The fourth-order valence-corrected chi connectivity index (χ4v) is 2.06. The summed E-state index contributed by atoms with van der Waals surface area (Å²) < 4.78 is 0. The number of nitriles is 1. The predicted molar refractivity (Wildman–Crippen MR) is 79.7 cm³/mol. The third-order valence-corrected chi connectivity index (χ3v) is 3.55. The molecule has 2 aromatic rings. The molecule has 0 radical (unpaired) electrons. The lowest BCUT2D eigenvalue weighted by atomic mass is 10.1. The highest BCUT2D eigenvalue weighted by Gasteiger charge is 2.03. The van der Waals surface area contributed by atoms with Crippen LogP contribution in [0.15, 0.2) is 36.4 Å². The van der Waals surface area contributed by atoms with Gasteiger partial charge in [-0.3, -0.25) is 0 Å². The Kier molecular flexibility index (Phi) is 4.31. The summed E-state index contributed by atoms with van der Waals surface area (Å²) in [5.74, 6) is 0. The van der Waals surface area contributed by atoms with E-state index in [1.807, 2.05) is 25.1 Å². The Morgan fingerprint density at radius 3 is 2.58 bits per heavy atom. The second-order valence-corrected chi connectivity index (χ2v) is 5.06. The van der Waals surface area contributed by atoms with Gasteiger partial charge in [0, 0.05) is 11.6 Å². The molecule has 0 unspecified atom stereocenters. The van der Waals surface area contributed by atoms with E-state index in [2.05, 4.69) is 11.4 Å². The maximum atomic E-state index is 8.87. The zero-order valence-electron chi connectivity index (χ0n) is 10.4. The van der Waals surface area contributed by atoms with E-state index in [9.17, 15) is 0 Å². The van der Waals surface area contributed by atoms with Gasteiger partial charge in [-0.2, -0.15) is 5.26 Å². The lowest BCUT2D eigenvalue weighted by Gasteiger charge is -2.09. The number of anilines is 1. The first-order valence-electron chi connectivity index (χ1n) is 5.78. The van der Waals surface area contributed by atoms with Crippen molar-refractivity contribution in [2.24, 2.45) is 0 Å². The molecule has 0 saturated heterocycles. The molecule has 4 heteroatoms. The minimum Gasteiger partial charge on any atom is -0.380 e. The maximum absolute atomic E-state index is 8.87. The van der Waals surface area contributed by atoms with Crippen molar-refractivity contribution in [2.45, 2.75) is 13.5 Å². The van der Waals surface area contributed by atoms with Crippen LogP contribution in [0.4, 0.5) is 5.69 Å². The molecule has 0 aliphatic carbocycles. The number of hydrogen-bond donors (Lipinski definition) is 1. The van der Waals surface area contributed by atoms with Crippen LogP contribution in [0.25, 0.3) is 0 Å². The summed E-state index contributed by atoms with van der Waals surface area (Å²) in [5, 5.41) is 13.4. The van der Waals surface area contributed by atoms with Crippen LogP contribution in [0, 0.1) is 18.3 Å². The number of rotatable bonds is 3. The molecule has 0 fully saturated rings. The van der Waals surface area contributed by atoms with Crippen LogP contribution in [-0.2, 0) is 6.54 Å². The molecular formula is C15H12Cl2N2. The third-order valence-electron chi connectivity index (χ3n) is 2.81. The summed E-state index contributed by atoms with van der Waals surface area (Å²) >= 11 is 12.2. The SMILES string of the molecule is Cc1ccc(CNc2cc(C#N)ccc2Cl)cc1Cl. The van der Waals surface area contributed by atoms with Crippen molar-refractivity contribution >= 4 is 28.9 Å². The van der Waals surface area contributed by atoms with Gasteiger partial charge in [0.1, 0.15) is 0 Å². The zero-order chi connectivity index (χ0) is 13.8. The molecule has 0 aliphatic rings. The summed E-state index contributed by atoms with van der Waals surface area (Å²) in [4.78, 5) is 0. The molecular weight excluding hydrogens is 279 g/mol. The van der Waals surface area contributed by atoms with Gasteiger partial charge in [0.05, 0.1) is 22.3 Å². The number of aryl methyl sites for hydroxylation is 1. The molecule has 0 saturated carbocycles. The van der Waals surface area contributed by atoms with Gasteiger partial charge in [-0.1, -0.05) is 35.3 Å². The zero-order valence-corrected chi connectivity index (χ0v) is 11.9. The second kappa shape index (κ2) is 5.97. The van der Waals surface area contributed by atoms with Gasteiger partial charge in [-0.15, -0.1) is 0 Å². The van der Waals surface area contributed by atoms with Gasteiger partial charge < -0.3 is 5.32 Å². The molecule has 19 heavy (non-hydrogen) atoms. The highest BCUT2D eigenvalue weighted by molar-refractivity contribution is 6.33. The van der Waals surface area contributed by atoms with Crippen molar-refractivity contribution < 1.29 is 0 Å². The monoisotopic (exact) mass is 290 g/mol. The smallest absolute Gasteiger partial charge is 0.0992 e. The number of nitrogens with one attached hydrogen (secondary N) is 1. The fraction of sp³-hybridized carbons (Fsp3) is 0.133. The predicted octanol–water partition coefficient (Wildman–Crippen LogP) is 4.79. The number of hydrogen-bond acceptors (Lipinski definition) is 2. The van der Waals surface area contributed by atoms with Gasteiger partial charge >= 0.3 is 0 Å². The number of nitrogens with zero attached hydrogens (tertiary/aromatic N) is 1. The molecule has 1 N–H and O–H groups in total. The highest BCUT2D eigenvalue weighted by atomic mass is 35.5. The largest absolute Gasteiger partial charge is 0.380 e. The molecule has 2 aromatic carbocycles. The summed E-state index contributed by atoms with van der Waals surface area (Å²) in [6.07, 6.45) is 0. The molecule has 0 spiro atoms. The van der Waals surface area contributed by atoms with Crippen molar-refractivity contribution in [2.75, 3.05) is 5.32 Å². The Labute approximate surface area is 122 Å². The van der Waals surface area contributed by atoms with Crippen LogP contribution in [0.1, 0.15) is 16.7 Å². The Hall–Kier alpha value is -1.69. The maximum Gasteiger partial charge on any atom is 0.0992 e. The number of benzene rings is 2. The van der Waals surface area contributed by atoms with Crippen molar-refractivity contribution in [1.29, 1.82) is 5.26 Å². The van der Waals surface area contributed by atoms with E-state index in [4.69, 9.17) is 28.5 Å². The Bertz CT molecular complexity index is 645. The minimum atomic E-state index is 0.578. The lowest BCUT2D eigenvalue weighted by Crippen LogP contribution is -2.00. The summed E-state index contributed by atoms with van der Waals surface area (Å²) in [5.41, 5.74) is 3.44. The number of halogens is 2. The van der Waals surface area contributed by atoms with E-state index in [0.717, 1.165) is 21.8 Å². The summed E-state index contributed by atoms with van der Waals surface area (Å²) in [6, 6.07) is 13.1. The van der Waals surface area contributed by atoms with Crippen LogP contribution < -0.4 is 5.32 Å². The standard InChI is InChI=1S/C15H12Cl2N2/c1-10-2-3-12(6-14(10)17)9-19-15-7-11(8-18)4-5-13(15)16/h2-7,19H,9H2,1H3. The molecule has 2 rings (SSSR count). The van der Waals surface area contributed by atoms with E-state index < -0.39 is 0 Å². The van der Waals surface area contributed by atoms with Gasteiger partial charge in [0.25, 0.3) is 0 Å². The average Bonchev–Trinajstić information content (AvgIpc) is 2.41. The summed E-state index contributed by atoms with van der Waals surface area (Å²) in [7, 11) is 0. The molecule has 0 aromatic heterocycles. The normalized spacial score (nSPS) is 10.0. The third kappa shape index (κ3) is 3.41. The van der Waals surface area contributed by atoms with E-state index in [-0.39, 0.29) is 0 Å². The lowest BCUT2D eigenvalue weighted by molar-refractivity contribution is 1.14. The fourth-order valence-electron chi connectivity index (χ4n) is 1.67. The summed E-state index contributed by atoms with van der Waals surface area (Å²) in [6.45, 7) is 2.57. The quantitative estimate of drug-likeness (QED) is 0.882. The van der Waals surface area contributed by atoms with Crippen LogP contribution in [-0.4, -0.2) is 0 Å².